The molecule has 3 heterocycles. The van der Waals surface area contributed by atoms with Crippen LogP contribution in [0, 0.1) is 0 Å². The molecule has 272 valence electrons. The van der Waals surface area contributed by atoms with Crippen LogP contribution in [0.5, 0.6) is 0 Å². The maximum absolute atomic E-state index is 2.48. The van der Waals surface area contributed by atoms with Crippen molar-refractivity contribution in [2.24, 2.45) is 0 Å². The van der Waals surface area contributed by atoms with Crippen molar-refractivity contribution in [3.63, 3.8) is 0 Å². The van der Waals surface area contributed by atoms with E-state index in [1.165, 1.54) is 69.4 Å². The van der Waals surface area contributed by atoms with Gasteiger partial charge in [-0.2, -0.15) is 0 Å². The van der Waals surface area contributed by atoms with Crippen LogP contribution in [0.15, 0.2) is 212 Å². The van der Waals surface area contributed by atoms with Gasteiger partial charge in [-0.1, -0.05) is 140 Å². The molecule has 0 fully saturated rings. The minimum atomic E-state index is 1.10. The van der Waals surface area contributed by atoms with Gasteiger partial charge in [-0.15, -0.1) is 11.3 Å². The molecule has 0 unspecified atom stereocenters. The lowest BCUT2D eigenvalue weighted by molar-refractivity contribution is 1.18. The van der Waals surface area contributed by atoms with Crippen molar-refractivity contribution >= 4 is 92.2 Å². The maximum atomic E-state index is 2.48. The summed E-state index contributed by atoms with van der Waals surface area (Å²) in [5, 5.41) is 7.49. The van der Waals surface area contributed by atoms with E-state index in [-0.39, 0.29) is 0 Å². The first kappa shape index (κ1) is 32.8. The van der Waals surface area contributed by atoms with Crippen LogP contribution in [0.1, 0.15) is 0 Å². The van der Waals surface area contributed by atoms with Gasteiger partial charge in [0.1, 0.15) is 0 Å². The van der Waals surface area contributed by atoms with E-state index < -0.39 is 0 Å². The highest BCUT2D eigenvalue weighted by Crippen LogP contribution is 2.47. The van der Waals surface area contributed by atoms with E-state index in [1.54, 1.807) is 0 Å². The van der Waals surface area contributed by atoms with Gasteiger partial charge in [0.05, 0.1) is 33.4 Å². The van der Waals surface area contributed by atoms with E-state index in [9.17, 15) is 0 Å². The van der Waals surface area contributed by atoms with Gasteiger partial charge in [-0.25, -0.2) is 0 Å². The molecule has 3 nitrogen and oxygen atoms in total. The molecule has 0 spiro atoms. The smallest absolute Gasteiger partial charge is 0.0562 e. The van der Waals surface area contributed by atoms with E-state index in [2.05, 4.69) is 226 Å². The third kappa shape index (κ3) is 4.99. The molecule has 0 radical (unpaired) electrons. The Labute approximate surface area is 339 Å². The molecule has 4 heteroatoms. The van der Waals surface area contributed by atoms with Crippen LogP contribution in [0.2, 0.25) is 0 Å². The summed E-state index contributed by atoms with van der Waals surface area (Å²) in [7, 11) is 0. The molecule has 3 aromatic heterocycles. The van der Waals surface area contributed by atoms with Gasteiger partial charge >= 0.3 is 0 Å². The van der Waals surface area contributed by atoms with E-state index in [1.807, 2.05) is 11.3 Å². The molecule has 9 aromatic carbocycles. The van der Waals surface area contributed by atoms with Gasteiger partial charge in [-0.3, -0.25) is 0 Å². The number of thiophene rings is 1. The number of para-hydroxylation sites is 4. The Balaban J connectivity index is 1.17. The summed E-state index contributed by atoms with van der Waals surface area (Å²) >= 11 is 1.86. The average molecular weight is 758 g/mol. The molecule has 12 rings (SSSR count). The highest BCUT2D eigenvalue weighted by atomic mass is 32.1. The van der Waals surface area contributed by atoms with Crippen molar-refractivity contribution in [3.8, 4) is 22.5 Å². The van der Waals surface area contributed by atoms with Gasteiger partial charge in [-0.05, 0) is 78.4 Å². The summed E-state index contributed by atoms with van der Waals surface area (Å²) in [6.45, 7) is 0. The minimum absolute atomic E-state index is 1.10. The number of anilines is 3. The quantitative estimate of drug-likeness (QED) is 0.165. The predicted octanol–water partition coefficient (Wildman–Crippen LogP) is 15.4. The molecule has 0 aliphatic rings. The first-order valence-corrected chi connectivity index (χ1v) is 20.6. The second kappa shape index (κ2) is 13.1. The molecule has 0 saturated carbocycles. The average Bonchev–Trinajstić information content (AvgIpc) is 3.95. The molecule has 0 atom stereocenters. The maximum Gasteiger partial charge on any atom is 0.0562 e. The standard InChI is InChI=1S/C54H35N3S/c1-3-16-36(17-4-1)40-20-7-11-24-46(40)57-48-26-13-9-23-45(48)54-49(27-15-28-50(54)57)55(39-31-33-44-43-22-10-14-29-52(43)58-53(44)35-39)38-30-32-42-41-21-8-12-25-47(41)56(51(42)34-38)37-18-5-2-6-19-37/h1-35H. The Bertz CT molecular complexity index is 3520. The summed E-state index contributed by atoms with van der Waals surface area (Å²) in [4.78, 5) is 2.48. The van der Waals surface area contributed by atoms with Gasteiger partial charge in [0, 0.05) is 64.3 Å². The molecule has 0 aliphatic heterocycles. The van der Waals surface area contributed by atoms with Crippen LogP contribution < -0.4 is 4.90 Å². The molecule has 12 aromatic rings. The van der Waals surface area contributed by atoms with Gasteiger partial charge in [0.15, 0.2) is 0 Å². The zero-order valence-corrected chi connectivity index (χ0v) is 32.3. The Kier molecular flexibility index (Phi) is 7.40. The number of fused-ring (bicyclic) bond motifs is 9. The summed E-state index contributed by atoms with van der Waals surface area (Å²) in [6, 6.07) is 77.5. The fraction of sp³-hybridized carbons (Fsp3) is 0. The Morgan fingerprint density at radius 2 is 0.948 bits per heavy atom. The molecule has 0 saturated heterocycles. The van der Waals surface area contributed by atoms with E-state index in [0.717, 1.165) is 34.0 Å². The lowest BCUT2D eigenvalue weighted by atomic mass is 10.0. The van der Waals surface area contributed by atoms with Crippen LogP contribution in [-0.2, 0) is 0 Å². The number of hydrogen-bond donors (Lipinski definition) is 0. The lowest BCUT2D eigenvalue weighted by Gasteiger charge is -2.27. The number of aromatic nitrogens is 2. The third-order valence-corrected chi connectivity index (χ3v) is 12.8. The zero-order chi connectivity index (χ0) is 38.2. The summed E-state index contributed by atoms with van der Waals surface area (Å²) in [5.74, 6) is 0. The van der Waals surface area contributed by atoms with Crippen LogP contribution in [0.25, 0.3) is 86.3 Å². The molecule has 0 amide bonds. The van der Waals surface area contributed by atoms with Crippen molar-refractivity contribution in [3.05, 3.63) is 212 Å². The molecule has 58 heavy (non-hydrogen) atoms. The van der Waals surface area contributed by atoms with Crippen molar-refractivity contribution in [2.45, 2.75) is 0 Å². The van der Waals surface area contributed by atoms with Crippen molar-refractivity contribution < 1.29 is 0 Å². The number of nitrogens with zero attached hydrogens (tertiary/aromatic N) is 3. The largest absolute Gasteiger partial charge is 0.310 e. The van der Waals surface area contributed by atoms with Crippen molar-refractivity contribution in [2.75, 3.05) is 4.90 Å². The van der Waals surface area contributed by atoms with Gasteiger partial charge < -0.3 is 14.0 Å². The summed E-state index contributed by atoms with van der Waals surface area (Å²) in [5.41, 5.74) is 12.7. The van der Waals surface area contributed by atoms with Crippen LogP contribution in [0.3, 0.4) is 0 Å². The first-order valence-electron chi connectivity index (χ1n) is 19.8. The Morgan fingerprint density at radius 1 is 0.362 bits per heavy atom. The molecule has 0 bridgehead atoms. The fourth-order valence-electron chi connectivity index (χ4n) is 9.21. The van der Waals surface area contributed by atoms with Crippen LogP contribution in [-0.4, -0.2) is 9.13 Å². The van der Waals surface area contributed by atoms with Crippen LogP contribution in [0.4, 0.5) is 17.1 Å². The highest BCUT2D eigenvalue weighted by Gasteiger charge is 2.24. The minimum Gasteiger partial charge on any atom is -0.310 e. The number of hydrogen-bond acceptors (Lipinski definition) is 2. The topological polar surface area (TPSA) is 13.1 Å². The van der Waals surface area contributed by atoms with Crippen molar-refractivity contribution in [1.82, 2.24) is 9.13 Å². The third-order valence-electron chi connectivity index (χ3n) is 11.7. The predicted molar refractivity (Wildman–Crippen MR) is 248 cm³/mol. The second-order valence-electron chi connectivity index (χ2n) is 14.9. The Morgan fingerprint density at radius 3 is 1.78 bits per heavy atom. The normalized spacial score (nSPS) is 11.8. The second-order valence-corrected chi connectivity index (χ2v) is 16.0. The van der Waals surface area contributed by atoms with E-state index in [4.69, 9.17) is 0 Å². The molecular weight excluding hydrogens is 723 g/mol. The molecular formula is C54H35N3S. The molecule has 0 N–H and O–H groups in total. The summed E-state index contributed by atoms with van der Waals surface area (Å²) < 4.78 is 7.45. The fourth-order valence-corrected chi connectivity index (χ4v) is 10.3. The number of rotatable bonds is 6. The summed E-state index contributed by atoms with van der Waals surface area (Å²) in [6.07, 6.45) is 0. The van der Waals surface area contributed by atoms with Crippen molar-refractivity contribution in [1.29, 1.82) is 0 Å². The number of benzene rings is 9. The first-order chi connectivity index (χ1) is 28.8. The van der Waals surface area contributed by atoms with Gasteiger partial charge in [0.25, 0.3) is 0 Å². The highest BCUT2D eigenvalue weighted by molar-refractivity contribution is 7.25. The van der Waals surface area contributed by atoms with Crippen LogP contribution >= 0.6 is 11.3 Å². The molecule has 0 aliphatic carbocycles. The zero-order valence-electron chi connectivity index (χ0n) is 31.5. The monoisotopic (exact) mass is 757 g/mol. The van der Waals surface area contributed by atoms with E-state index >= 15 is 0 Å². The SMILES string of the molecule is c1ccc(-c2ccccc2-n2c3ccccc3c3c(N(c4ccc5c(c4)sc4ccccc45)c4ccc5c6ccccc6n(-c6ccccc6)c5c4)cccc32)cc1. The lowest BCUT2D eigenvalue weighted by Crippen LogP contribution is -2.10. The van der Waals surface area contributed by atoms with Gasteiger partial charge in [0.2, 0.25) is 0 Å². The van der Waals surface area contributed by atoms with E-state index in [0.29, 0.717) is 0 Å². The Hall–Kier alpha value is -7.40.